The standard InChI is InChI=1S/C20H30FN5O2/c1-22-18(27)13-15-6-10-26(11-7-15)20(23-2)25-9-8-24-19(28)14-16-4-3-5-17(21)12-16/h3-5,12,15H,6-11,13-14H2,1-2H3,(H,22,27)(H,23,25)(H,24,28). The van der Waals surface area contributed by atoms with E-state index in [1.54, 1.807) is 26.2 Å². The third-order valence-electron chi connectivity index (χ3n) is 4.86. The van der Waals surface area contributed by atoms with Crippen LogP contribution in [0.3, 0.4) is 0 Å². The maximum Gasteiger partial charge on any atom is 0.224 e. The first-order valence-corrected chi connectivity index (χ1v) is 9.69. The molecule has 28 heavy (non-hydrogen) atoms. The van der Waals surface area contributed by atoms with Gasteiger partial charge in [-0.1, -0.05) is 12.1 Å². The fourth-order valence-electron chi connectivity index (χ4n) is 3.32. The topological polar surface area (TPSA) is 85.8 Å². The summed E-state index contributed by atoms with van der Waals surface area (Å²) in [5.74, 6) is 0.830. The summed E-state index contributed by atoms with van der Waals surface area (Å²) in [4.78, 5) is 29.9. The molecule has 1 fully saturated rings. The second-order valence-corrected chi connectivity index (χ2v) is 6.94. The number of hydrogen-bond acceptors (Lipinski definition) is 3. The van der Waals surface area contributed by atoms with E-state index in [-0.39, 0.29) is 24.1 Å². The lowest BCUT2D eigenvalue weighted by molar-refractivity contribution is -0.122. The maximum atomic E-state index is 13.2. The number of carbonyl (C=O) groups excluding carboxylic acids is 2. The summed E-state index contributed by atoms with van der Waals surface area (Å²) in [5.41, 5.74) is 0.654. The first kappa shape index (κ1) is 21.7. The Hall–Kier alpha value is -2.64. The fourth-order valence-corrected chi connectivity index (χ4v) is 3.32. The molecule has 8 heteroatoms. The van der Waals surface area contributed by atoms with Gasteiger partial charge in [0.2, 0.25) is 11.8 Å². The van der Waals surface area contributed by atoms with Gasteiger partial charge in [-0.3, -0.25) is 14.6 Å². The Bertz CT molecular complexity index is 687. The van der Waals surface area contributed by atoms with Gasteiger partial charge in [0, 0.05) is 46.7 Å². The molecule has 0 aromatic heterocycles. The first-order valence-electron chi connectivity index (χ1n) is 9.69. The minimum atomic E-state index is -0.338. The lowest BCUT2D eigenvalue weighted by Gasteiger charge is -2.34. The quantitative estimate of drug-likeness (QED) is 0.366. The number of piperidine rings is 1. The molecule has 1 saturated heterocycles. The zero-order valence-corrected chi connectivity index (χ0v) is 16.6. The van der Waals surface area contributed by atoms with Gasteiger partial charge in [-0.2, -0.15) is 0 Å². The molecule has 1 aromatic rings. The summed E-state index contributed by atoms with van der Waals surface area (Å²) in [6.07, 6.45) is 2.65. The summed E-state index contributed by atoms with van der Waals surface area (Å²) in [6, 6.07) is 6.06. The van der Waals surface area contributed by atoms with Gasteiger partial charge < -0.3 is 20.9 Å². The van der Waals surface area contributed by atoms with Crippen LogP contribution in [0, 0.1) is 11.7 Å². The fraction of sp³-hybridized carbons (Fsp3) is 0.550. The Morgan fingerprint density at radius 3 is 2.54 bits per heavy atom. The number of nitrogens with zero attached hydrogens (tertiary/aromatic N) is 2. The van der Waals surface area contributed by atoms with E-state index < -0.39 is 0 Å². The molecule has 1 heterocycles. The van der Waals surface area contributed by atoms with Crippen LogP contribution < -0.4 is 16.0 Å². The van der Waals surface area contributed by atoms with Crippen molar-refractivity contribution in [1.82, 2.24) is 20.9 Å². The molecular formula is C20H30FN5O2. The van der Waals surface area contributed by atoms with Crippen molar-refractivity contribution in [3.63, 3.8) is 0 Å². The van der Waals surface area contributed by atoms with Crippen molar-refractivity contribution in [1.29, 1.82) is 0 Å². The van der Waals surface area contributed by atoms with Crippen molar-refractivity contribution >= 4 is 17.8 Å². The predicted molar refractivity (Wildman–Crippen MR) is 107 cm³/mol. The number of carbonyl (C=O) groups is 2. The van der Waals surface area contributed by atoms with Crippen molar-refractivity contribution in [2.75, 3.05) is 40.3 Å². The molecule has 2 amide bonds. The minimum Gasteiger partial charge on any atom is -0.359 e. The Morgan fingerprint density at radius 2 is 1.89 bits per heavy atom. The molecule has 0 bridgehead atoms. The Kier molecular flexibility index (Phi) is 8.71. The molecule has 0 saturated carbocycles. The number of likely N-dealkylation sites (tertiary alicyclic amines) is 1. The summed E-state index contributed by atoms with van der Waals surface area (Å²) in [5, 5.41) is 8.76. The molecule has 0 atom stereocenters. The van der Waals surface area contributed by atoms with Gasteiger partial charge in [0.25, 0.3) is 0 Å². The largest absolute Gasteiger partial charge is 0.359 e. The molecule has 154 valence electrons. The van der Waals surface area contributed by atoms with E-state index in [0.717, 1.165) is 31.9 Å². The number of nitrogens with one attached hydrogen (secondary N) is 3. The van der Waals surface area contributed by atoms with Crippen molar-refractivity contribution in [2.24, 2.45) is 10.9 Å². The number of rotatable bonds is 7. The van der Waals surface area contributed by atoms with Crippen LogP contribution in [0.25, 0.3) is 0 Å². The highest BCUT2D eigenvalue weighted by Gasteiger charge is 2.22. The second kappa shape index (κ2) is 11.3. The van der Waals surface area contributed by atoms with Crippen LogP contribution in [0.1, 0.15) is 24.8 Å². The van der Waals surface area contributed by atoms with Gasteiger partial charge in [0.05, 0.1) is 6.42 Å². The Labute approximate surface area is 165 Å². The molecule has 1 aromatic carbocycles. The number of benzene rings is 1. The number of guanidine groups is 1. The highest BCUT2D eigenvalue weighted by Crippen LogP contribution is 2.20. The van der Waals surface area contributed by atoms with E-state index in [1.807, 2.05) is 0 Å². The zero-order valence-electron chi connectivity index (χ0n) is 16.6. The third kappa shape index (κ3) is 7.17. The zero-order chi connectivity index (χ0) is 20.4. The van der Waals surface area contributed by atoms with Crippen LogP contribution in [0.2, 0.25) is 0 Å². The highest BCUT2D eigenvalue weighted by molar-refractivity contribution is 5.80. The molecule has 1 aliphatic rings. The van der Waals surface area contributed by atoms with E-state index in [1.165, 1.54) is 12.1 Å². The van der Waals surface area contributed by atoms with Gasteiger partial charge in [0.1, 0.15) is 5.82 Å². The number of aliphatic imine (C=N–C) groups is 1. The molecule has 0 unspecified atom stereocenters. The van der Waals surface area contributed by atoms with E-state index in [2.05, 4.69) is 25.8 Å². The smallest absolute Gasteiger partial charge is 0.224 e. The lowest BCUT2D eigenvalue weighted by Crippen LogP contribution is -2.47. The maximum absolute atomic E-state index is 13.2. The molecule has 2 rings (SSSR count). The summed E-state index contributed by atoms with van der Waals surface area (Å²) >= 11 is 0. The van der Waals surface area contributed by atoms with Crippen LogP contribution in [0.15, 0.2) is 29.3 Å². The van der Waals surface area contributed by atoms with Gasteiger partial charge in [-0.15, -0.1) is 0 Å². The molecule has 0 aliphatic carbocycles. The van der Waals surface area contributed by atoms with E-state index >= 15 is 0 Å². The van der Waals surface area contributed by atoms with E-state index in [9.17, 15) is 14.0 Å². The predicted octanol–water partition coefficient (Wildman–Crippen LogP) is 0.908. The van der Waals surface area contributed by atoms with Crippen LogP contribution in [-0.4, -0.2) is 62.9 Å². The first-order chi connectivity index (χ1) is 13.5. The van der Waals surface area contributed by atoms with E-state index in [0.29, 0.717) is 31.0 Å². The monoisotopic (exact) mass is 391 g/mol. The lowest BCUT2D eigenvalue weighted by atomic mass is 9.93. The number of halogens is 1. The van der Waals surface area contributed by atoms with Crippen molar-refractivity contribution in [3.05, 3.63) is 35.6 Å². The van der Waals surface area contributed by atoms with Crippen LogP contribution in [0.5, 0.6) is 0 Å². The summed E-state index contributed by atoms with van der Waals surface area (Å²) in [6.45, 7) is 2.72. The molecule has 7 nitrogen and oxygen atoms in total. The van der Waals surface area contributed by atoms with Gasteiger partial charge >= 0.3 is 0 Å². The van der Waals surface area contributed by atoms with Gasteiger partial charge in [-0.05, 0) is 36.5 Å². The van der Waals surface area contributed by atoms with Gasteiger partial charge in [-0.25, -0.2) is 4.39 Å². The Morgan fingerprint density at radius 1 is 1.18 bits per heavy atom. The van der Waals surface area contributed by atoms with Crippen molar-refractivity contribution in [2.45, 2.75) is 25.7 Å². The summed E-state index contributed by atoms with van der Waals surface area (Å²) < 4.78 is 13.2. The average molecular weight is 391 g/mol. The second-order valence-electron chi connectivity index (χ2n) is 6.94. The van der Waals surface area contributed by atoms with Crippen LogP contribution in [-0.2, 0) is 16.0 Å². The van der Waals surface area contributed by atoms with Crippen LogP contribution >= 0.6 is 0 Å². The van der Waals surface area contributed by atoms with Crippen LogP contribution in [0.4, 0.5) is 4.39 Å². The SMILES string of the molecule is CN=C(NCCNC(=O)Cc1cccc(F)c1)N1CCC(CC(=O)NC)CC1. The van der Waals surface area contributed by atoms with Crippen molar-refractivity contribution < 1.29 is 14.0 Å². The minimum absolute atomic E-state index is 0.0925. The number of amides is 2. The molecule has 3 N–H and O–H groups in total. The highest BCUT2D eigenvalue weighted by atomic mass is 19.1. The third-order valence-corrected chi connectivity index (χ3v) is 4.86. The van der Waals surface area contributed by atoms with E-state index in [4.69, 9.17) is 0 Å². The average Bonchev–Trinajstić information content (AvgIpc) is 2.69. The number of hydrogen-bond donors (Lipinski definition) is 3. The molecular weight excluding hydrogens is 361 g/mol. The Balaban J connectivity index is 1.66. The molecule has 0 radical (unpaired) electrons. The normalized spacial score (nSPS) is 15.2. The van der Waals surface area contributed by atoms with Gasteiger partial charge in [0.15, 0.2) is 5.96 Å². The summed E-state index contributed by atoms with van der Waals surface area (Å²) in [7, 11) is 3.40. The van der Waals surface area contributed by atoms with Crippen molar-refractivity contribution in [3.8, 4) is 0 Å². The molecule has 0 spiro atoms. The molecule has 1 aliphatic heterocycles.